The fraction of sp³-hybridized carbons (Fsp3) is 1.00. The van der Waals surface area contributed by atoms with Crippen molar-refractivity contribution in [2.75, 3.05) is 24.2 Å². The van der Waals surface area contributed by atoms with Gasteiger partial charge in [0, 0.05) is 18.4 Å². The average molecular weight is 298 g/mol. The van der Waals surface area contributed by atoms with Crippen LogP contribution >= 0.6 is 15.9 Å². The Hall–Kier alpha value is 0.390. The molecule has 1 unspecified atom stereocenters. The summed E-state index contributed by atoms with van der Waals surface area (Å²) in [6.45, 7) is 3.48. The minimum absolute atomic E-state index is 0.324. The first kappa shape index (κ1) is 13.5. The summed E-state index contributed by atoms with van der Waals surface area (Å²) in [6, 6.07) is 0. The van der Waals surface area contributed by atoms with Gasteiger partial charge in [-0.2, -0.15) is 0 Å². The lowest BCUT2D eigenvalue weighted by molar-refractivity contribution is 0.453. The van der Waals surface area contributed by atoms with Gasteiger partial charge in [-0.15, -0.1) is 0 Å². The molecule has 0 spiro atoms. The minimum atomic E-state index is -2.96. The number of halogens is 1. The van der Waals surface area contributed by atoms with Crippen molar-refractivity contribution in [1.29, 1.82) is 0 Å². The summed E-state index contributed by atoms with van der Waals surface area (Å²) in [7, 11) is -2.96. The smallest absolute Gasteiger partial charge is 0.212 e. The Labute approximate surface area is 101 Å². The van der Waals surface area contributed by atoms with Crippen molar-refractivity contribution in [2.24, 2.45) is 5.92 Å². The van der Waals surface area contributed by atoms with E-state index in [-0.39, 0.29) is 0 Å². The lowest BCUT2D eigenvalue weighted by atomic mass is 10.1. The first-order valence-electron chi connectivity index (χ1n) is 5.64. The third-order valence-electron chi connectivity index (χ3n) is 2.92. The molecule has 90 valence electrons. The molecule has 0 N–H and O–H groups in total. The summed E-state index contributed by atoms with van der Waals surface area (Å²) in [6.07, 6.45) is 3.83. The minimum Gasteiger partial charge on any atom is -0.212 e. The molecule has 0 aromatic rings. The molecular formula is C10H20BrNO2S. The predicted octanol–water partition coefficient (Wildman–Crippen LogP) is 2.22. The average Bonchev–Trinajstić information content (AvgIpc) is 2.65. The van der Waals surface area contributed by atoms with Crippen molar-refractivity contribution in [2.45, 2.75) is 32.6 Å². The molecule has 0 saturated carbocycles. The molecule has 0 amide bonds. The SMILES string of the molecule is CCCCS(=O)(=O)N1CCC(CCBr)C1. The van der Waals surface area contributed by atoms with E-state index >= 15 is 0 Å². The number of nitrogens with zero attached hydrogens (tertiary/aromatic N) is 1. The molecule has 0 radical (unpaired) electrons. The van der Waals surface area contributed by atoms with Gasteiger partial charge < -0.3 is 0 Å². The monoisotopic (exact) mass is 297 g/mol. The van der Waals surface area contributed by atoms with E-state index in [1.807, 2.05) is 6.92 Å². The van der Waals surface area contributed by atoms with Crippen LogP contribution in [0.4, 0.5) is 0 Å². The van der Waals surface area contributed by atoms with E-state index in [0.717, 1.165) is 44.1 Å². The van der Waals surface area contributed by atoms with Crippen LogP contribution in [-0.2, 0) is 10.0 Å². The van der Waals surface area contributed by atoms with Crippen molar-refractivity contribution in [1.82, 2.24) is 4.31 Å². The summed E-state index contributed by atoms with van der Waals surface area (Å²) in [5.74, 6) is 0.880. The first-order valence-corrected chi connectivity index (χ1v) is 8.37. The predicted molar refractivity (Wildman–Crippen MR) is 66.8 cm³/mol. The number of rotatable bonds is 6. The third-order valence-corrected chi connectivity index (χ3v) is 5.30. The molecule has 1 saturated heterocycles. The van der Waals surface area contributed by atoms with Gasteiger partial charge in [0.15, 0.2) is 0 Å². The van der Waals surface area contributed by atoms with Crippen molar-refractivity contribution < 1.29 is 8.42 Å². The second kappa shape index (κ2) is 6.21. The third kappa shape index (κ3) is 4.04. The maximum Gasteiger partial charge on any atom is 0.214 e. The molecule has 0 aromatic heterocycles. The molecule has 0 bridgehead atoms. The van der Waals surface area contributed by atoms with Gasteiger partial charge in [-0.25, -0.2) is 12.7 Å². The van der Waals surface area contributed by atoms with E-state index in [4.69, 9.17) is 0 Å². The maximum absolute atomic E-state index is 11.9. The molecular weight excluding hydrogens is 278 g/mol. The lowest BCUT2D eigenvalue weighted by Gasteiger charge is -2.16. The van der Waals surface area contributed by atoms with Crippen LogP contribution in [0.1, 0.15) is 32.6 Å². The molecule has 15 heavy (non-hydrogen) atoms. The van der Waals surface area contributed by atoms with Crippen molar-refractivity contribution in [3.8, 4) is 0 Å². The van der Waals surface area contributed by atoms with E-state index in [2.05, 4.69) is 15.9 Å². The zero-order chi connectivity index (χ0) is 11.3. The van der Waals surface area contributed by atoms with Gasteiger partial charge in [0.05, 0.1) is 5.75 Å². The second-order valence-corrected chi connectivity index (χ2v) is 7.04. The van der Waals surface area contributed by atoms with Crippen LogP contribution in [0.15, 0.2) is 0 Å². The summed E-state index contributed by atoms with van der Waals surface area (Å²) in [5, 5.41) is 0.973. The van der Waals surface area contributed by atoms with Crippen LogP contribution in [0.3, 0.4) is 0 Å². The zero-order valence-corrected chi connectivity index (χ0v) is 11.7. The Morgan fingerprint density at radius 3 is 2.80 bits per heavy atom. The van der Waals surface area contributed by atoms with Crippen LogP contribution < -0.4 is 0 Å². The highest BCUT2D eigenvalue weighted by Crippen LogP contribution is 2.23. The first-order chi connectivity index (χ1) is 7.10. The number of hydrogen-bond donors (Lipinski definition) is 0. The van der Waals surface area contributed by atoms with Crippen LogP contribution in [0.5, 0.6) is 0 Å². The molecule has 0 aromatic carbocycles. The van der Waals surface area contributed by atoms with E-state index in [1.54, 1.807) is 4.31 Å². The fourth-order valence-electron chi connectivity index (χ4n) is 1.90. The van der Waals surface area contributed by atoms with Gasteiger partial charge >= 0.3 is 0 Å². The van der Waals surface area contributed by atoms with Crippen LogP contribution in [0, 0.1) is 5.92 Å². The molecule has 1 aliphatic rings. The molecule has 1 rings (SSSR count). The number of hydrogen-bond acceptors (Lipinski definition) is 2. The van der Waals surface area contributed by atoms with Gasteiger partial charge in [-0.1, -0.05) is 29.3 Å². The Kier molecular flexibility index (Phi) is 5.57. The van der Waals surface area contributed by atoms with Gasteiger partial charge in [-0.05, 0) is 25.2 Å². The van der Waals surface area contributed by atoms with Gasteiger partial charge in [0.25, 0.3) is 0 Å². The van der Waals surface area contributed by atoms with Crippen LogP contribution in [0.2, 0.25) is 0 Å². The molecule has 1 heterocycles. The Morgan fingerprint density at radius 2 is 2.20 bits per heavy atom. The Balaban J connectivity index is 2.45. The van der Waals surface area contributed by atoms with Crippen LogP contribution in [-0.4, -0.2) is 36.9 Å². The van der Waals surface area contributed by atoms with Gasteiger partial charge in [-0.3, -0.25) is 0 Å². The summed E-state index contributed by atoms with van der Waals surface area (Å²) in [4.78, 5) is 0. The second-order valence-electron chi connectivity index (χ2n) is 4.16. The van der Waals surface area contributed by atoms with Gasteiger partial charge in [0.1, 0.15) is 0 Å². The fourth-order valence-corrected chi connectivity index (χ4v) is 4.28. The number of alkyl halides is 1. The molecule has 1 atom stereocenters. The lowest BCUT2D eigenvalue weighted by Crippen LogP contribution is -2.31. The van der Waals surface area contributed by atoms with Crippen molar-refractivity contribution in [3.05, 3.63) is 0 Å². The highest BCUT2D eigenvalue weighted by Gasteiger charge is 2.30. The highest BCUT2D eigenvalue weighted by molar-refractivity contribution is 9.09. The highest BCUT2D eigenvalue weighted by atomic mass is 79.9. The molecule has 0 aliphatic carbocycles. The number of unbranched alkanes of at least 4 members (excludes halogenated alkanes) is 1. The van der Waals surface area contributed by atoms with E-state index < -0.39 is 10.0 Å². The van der Waals surface area contributed by atoms with E-state index in [0.29, 0.717) is 11.7 Å². The Morgan fingerprint density at radius 1 is 1.47 bits per heavy atom. The van der Waals surface area contributed by atoms with Crippen LogP contribution in [0.25, 0.3) is 0 Å². The quantitative estimate of drug-likeness (QED) is 0.705. The molecule has 1 aliphatic heterocycles. The van der Waals surface area contributed by atoms with Crippen molar-refractivity contribution >= 4 is 26.0 Å². The summed E-state index contributed by atoms with van der Waals surface area (Å²) < 4.78 is 25.4. The number of sulfonamides is 1. The largest absolute Gasteiger partial charge is 0.214 e. The Bertz CT molecular complexity index is 279. The standard InChI is InChI=1S/C10H20BrNO2S/c1-2-3-8-15(13,14)12-7-5-10(9-12)4-6-11/h10H,2-9H2,1H3. The summed E-state index contributed by atoms with van der Waals surface area (Å²) >= 11 is 3.40. The molecule has 1 fully saturated rings. The molecule has 3 nitrogen and oxygen atoms in total. The van der Waals surface area contributed by atoms with E-state index in [1.165, 1.54) is 0 Å². The zero-order valence-electron chi connectivity index (χ0n) is 9.28. The van der Waals surface area contributed by atoms with Gasteiger partial charge in [0.2, 0.25) is 10.0 Å². The normalized spacial score (nSPS) is 23.5. The van der Waals surface area contributed by atoms with E-state index in [9.17, 15) is 8.42 Å². The topological polar surface area (TPSA) is 37.4 Å². The van der Waals surface area contributed by atoms with Crippen molar-refractivity contribution in [3.63, 3.8) is 0 Å². The maximum atomic E-state index is 11.9. The summed E-state index contributed by atoms with van der Waals surface area (Å²) in [5.41, 5.74) is 0. The molecule has 5 heteroatoms.